The Hall–Kier alpha value is -1.56. The van der Waals surface area contributed by atoms with Crippen molar-refractivity contribution in [2.24, 2.45) is 13.0 Å². The summed E-state index contributed by atoms with van der Waals surface area (Å²) >= 11 is 0. The van der Waals surface area contributed by atoms with E-state index in [4.69, 9.17) is 0 Å². The molecule has 3 nitrogen and oxygen atoms in total. The van der Waals surface area contributed by atoms with Crippen molar-refractivity contribution < 1.29 is 0 Å². The van der Waals surface area contributed by atoms with Crippen LogP contribution >= 0.6 is 0 Å². The Morgan fingerprint density at radius 1 is 1.67 bits per heavy atom. The summed E-state index contributed by atoms with van der Waals surface area (Å²) in [5.41, 5.74) is 3.08. The van der Waals surface area contributed by atoms with Crippen molar-refractivity contribution in [1.29, 1.82) is 5.26 Å². The molecule has 1 aromatic heterocycles. The number of nitriles is 1. The maximum absolute atomic E-state index is 9.22. The number of hydrogen-bond acceptors (Lipinski definition) is 2. The molecule has 78 valence electrons. The van der Waals surface area contributed by atoms with Crippen LogP contribution in [0.2, 0.25) is 0 Å². The fourth-order valence-corrected chi connectivity index (χ4v) is 2.19. The normalized spacial score (nSPS) is 23.9. The third kappa shape index (κ3) is 1.80. The highest BCUT2D eigenvalue weighted by atomic mass is 15.0. The van der Waals surface area contributed by atoms with Gasteiger partial charge in [0, 0.05) is 7.05 Å². The van der Waals surface area contributed by atoms with Gasteiger partial charge in [0.15, 0.2) is 0 Å². The van der Waals surface area contributed by atoms with Gasteiger partial charge in [-0.15, -0.1) is 0 Å². The number of hydrogen-bond donors (Lipinski definition) is 0. The highest BCUT2D eigenvalue weighted by Crippen LogP contribution is 2.34. The monoisotopic (exact) mass is 201 g/mol. The van der Waals surface area contributed by atoms with E-state index in [1.807, 2.05) is 11.6 Å². The fraction of sp³-hybridized carbons (Fsp3) is 0.500. The maximum Gasteiger partial charge on any atom is 0.101 e. The number of aryl methyl sites for hydroxylation is 1. The van der Waals surface area contributed by atoms with Crippen LogP contribution in [0.3, 0.4) is 0 Å². The Morgan fingerprint density at radius 2 is 2.47 bits per heavy atom. The van der Waals surface area contributed by atoms with Gasteiger partial charge in [0.1, 0.15) is 6.07 Å². The Balaban J connectivity index is 2.41. The standard InChI is InChI=1S/C12H15N3/c1-9-3-4-10(5-9)11(6-13)12-7-14-8-15(12)2/h7-9H,3-5H2,1-2H3/b11-10+. The molecule has 1 aliphatic carbocycles. The summed E-state index contributed by atoms with van der Waals surface area (Å²) < 4.78 is 1.91. The third-order valence-corrected chi connectivity index (χ3v) is 3.07. The Labute approximate surface area is 90.1 Å². The minimum Gasteiger partial charge on any atom is -0.333 e. The number of rotatable bonds is 1. The molecule has 2 rings (SSSR count). The fourth-order valence-electron chi connectivity index (χ4n) is 2.19. The molecule has 0 aromatic carbocycles. The van der Waals surface area contributed by atoms with Gasteiger partial charge in [-0.25, -0.2) is 4.98 Å². The zero-order chi connectivity index (χ0) is 10.8. The van der Waals surface area contributed by atoms with E-state index >= 15 is 0 Å². The lowest BCUT2D eigenvalue weighted by atomic mass is 10.0. The van der Waals surface area contributed by atoms with Crippen LogP contribution in [0.5, 0.6) is 0 Å². The van der Waals surface area contributed by atoms with Gasteiger partial charge < -0.3 is 4.57 Å². The minimum atomic E-state index is 0.719. The topological polar surface area (TPSA) is 41.6 Å². The van der Waals surface area contributed by atoms with Gasteiger partial charge >= 0.3 is 0 Å². The lowest BCUT2D eigenvalue weighted by molar-refractivity contribution is 0.620. The molecule has 1 aliphatic rings. The van der Waals surface area contributed by atoms with Gasteiger partial charge in [0.05, 0.1) is 23.8 Å². The van der Waals surface area contributed by atoms with E-state index in [2.05, 4.69) is 18.0 Å². The van der Waals surface area contributed by atoms with E-state index in [1.165, 1.54) is 12.0 Å². The van der Waals surface area contributed by atoms with Gasteiger partial charge in [-0.2, -0.15) is 5.26 Å². The lowest BCUT2D eigenvalue weighted by Gasteiger charge is -2.04. The average Bonchev–Trinajstić information content (AvgIpc) is 2.79. The summed E-state index contributed by atoms with van der Waals surface area (Å²) in [4.78, 5) is 4.06. The van der Waals surface area contributed by atoms with E-state index in [9.17, 15) is 5.26 Å². The molecular formula is C12H15N3. The molecule has 0 aliphatic heterocycles. The van der Waals surface area contributed by atoms with Crippen LogP contribution in [0.1, 0.15) is 31.9 Å². The molecule has 0 saturated heterocycles. The number of nitrogens with zero attached hydrogens (tertiary/aromatic N) is 3. The molecule has 0 radical (unpaired) electrons. The smallest absolute Gasteiger partial charge is 0.101 e. The second kappa shape index (κ2) is 3.90. The van der Waals surface area contributed by atoms with Crippen molar-refractivity contribution in [2.75, 3.05) is 0 Å². The van der Waals surface area contributed by atoms with Crippen LogP contribution in [-0.4, -0.2) is 9.55 Å². The molecular weight excluding hydrogens is 186 g/mol. The van der Waals surface area contributed by atoms with Crippen LogP contribution in [0, 0.1) is 17.2 Å². The van der Waals surface area contributed by atoms with Crippen molar-refractivity contribution >= 4 is 5.57 Å². The van der Waals surface area contributed by atoms with Gasteiger partial charge in [0.2, 0.25) is 0 Å². The molecule has 1 unspecified atom stereocenters. The highest BCUT2D eigenvalue weighted by Gasteiger charge is 2.20. The molecule has 3 heteroatoms. The Bertz CT molecular complexity index is 434. The Kier molecular flexibility index (Phi) is 2.59. The van der Waals surface area contributed by atoms with Gasteiger partial charge in [-0.05, 0) is 30.8 Å². The second-order valence-electron chi connectivity index (χ2n) is 4.33. The third-order valence-electron chi connectivity index (χ3n) is 3.07. The molecule has 0 amide bonds. The molecule has 0 N–H and O–H groups in total. The predicted octanol–water partition coefficient (Wildman–Crippen LogP) is 2.52. The van der Waals surface area contributed by atoms with E-state index in [1.54, 1.807) is 12.5 Å². The van der Waals surface area contributed by atoms with E-state index in [0.29, 0.717) is 0 Å². The van der Waals surface area contributed by atoms with Gasteiger partial charge in [0.25, 0.3) is 0 Å². The van der Waals surface area contributed by atoms with Crippen molar-refractivity contribution in [3.05, 3.63) is 23.8 Å². The summed E-state index contributed by atoms with van der Waals surface area (Å²) in [5, 5.41) is 9.22. The second-order valence-corrected chi connectivity index (χ2v) is 4.33. The maximum atomic E-state index is 9.22. The first-order chi connectivity index (χ1) is 7.22. The van der Waals surface area contributed by atoms with Gasteiger partial charge in [-0.1, -0.05) is 6.92 Å². The summed E-state index contributed by atoms with van der Waals surface area (Å²) in [6.45, 7) is 2.24. The zero-order valence-electron chi connectivity index (χ0n) is 9.20. The molecule has 0 spiro atoms. The van der Waals surface area contributed by atoms with E-state index < -0.39 is 0 Å². The van der Waals surface area contributed by atoms with Gasteiger partial charge in [-0.3, -0.25) is 0 Å². The van der Waals surface area contributed by atoms with E-state index in [-0.39, 0.29) is 0 Å². The van der Waals surface area contributed by atoms with Crippen LogP contribution in [0.4, 0.5) is 0 Å². The predicted molar refractivity (Wildman–Crippen MR) is 58.8 cm³/mol. The summed E-state index contributed by atoms with van der Waals surface area (Å²) in [6.07, 6.45) is 6.85. The molecule has 15 heavy (non-hydrogen) atoms. The summed E-state index contributed by atoms with van der Waals surface area (Å²) in [7, 11) is 1.93. The first kappa shape index (κ1) is 9.97. The minimum absolute atomic E-state index is 0.719. The Morgan fingerprint density at radius 3 is 2.93 bits per heavy atom. The SMILES string of the molecule is CC1CC/C(=C(/C#N)c2cncn2C)C1. The van der Waals surface area contributed by atoms with E-state index in [0.717, 1.165) is 30.0 Å². The van der Waals surface area contributed by atoms with Crippen LogP contribution in [-0.2, 0) is 7.05 Å². The molecule has 1 fully saturated rings. The largest absolute Gasteiger partial charge is 0.333 e. The quantitative estimate of drug-likeness (QED) is 0.655. The first-order valence-electron chi connectivity index (χ1n) is 5.31. The molecule has 1 heterocycles. The molecule has 1 saturated carbocycles. The number of aromatic nitrogens is 2. The lowest BCUT2D eigenvalue weighted by Crippen LogP contribution is -1.95. The summed E-state index contributed by atoms with van der Waals surface area (Å²) in [6, 6.07) is 2.33. The zero-order valence-corrected chi connectivity index (χ0v) is 9.20. The highest BCUT2D eigenvalue weighted by molar-refractivity contribution is 5.77. The number of imidazole rings is 1. The van der Waals surface area contributed by atoms with Crippen LogP contribution in [0.25, 0.3) is 5.57 Å². The van der Waals surface area contributed by atoms with Crippen LogP contribution in [0.15, 0.2) is 18.1 Å². The molecule has 0 bridgehead atoms. The molecule has 1 atom stereocenters. The number of allylic oxidation sites excluding steroid dienone is 2. The van der Waals surface area contributed by atoms with Crippen LogP contribution < -0.4 is 0 Å². The van der Waals surface area contributed by atoms with Crippen molar-refractivity contribution in [1.82, 2.24) is 9.55 Å². The summed E-state index contributed by atoms with van der Waals surface area (Å²) in [5.74, 6) is 0.719. The van der Waals surface area contributed by atoms with Crippen molar-refractivity contribution in [3.8, 4) is 6.07 Å². The average molecular weight is 201 g/mol. The van der Waals surface area contributed by atoms with Crippen molar-refractivity contribution in [2.45, 2.75) is 26.2 Å². The molecule has 1 aromatic rings. The van der Waals surface area contributed by atoms with Crippen molar-refractivity contribution in [3.63, 3.8) is 0 Å². The first-order valence-corrected chi connectivity index (χ1v) is 5.31.